The number of hydrogen-bond acceptors (Lipinski definition) is 2. The molecule has 0 saturated carbocycles. The summed E-state index contributed by atoms with van der Waals surface area (Å²) in [6.45, 7) is 0.462. The van der Waals surface area contributed by atoms with Crippen molar-refractivity contribution in [2.45, 2.75) is 12.7 Å². The van der Waals surface area contributed by atoms with Crippen LogP contribution in [-0.2, 0) is 19.8 Å². The Labute approximate surface area is 125 Å². The average molecular weight is 305 g/mol. The lowest BCUT2D eigenvalue weighted by atomic mass is 10.1. The fraction of sp³-hybridized carbons (Fsp3) is 0.188. The van der Waals surface area contributed by atoms with E-state index < -0.39 is 11.7 Å². The highest BCUT2D eigenvalue weighted by Gasteiger charge is 2.29. The van der Waals surface area contributed by atoms with Crippen molar-refractivity contribution in [2.24, 2.45) is 7.05 Å². The molecule has 0 radical (unpaired) electrons. The minimum absolute atomic E-state index is 0.462. The second-order valence-corrected chi connectivity index (χ2v) is 5.09. The van der Waals surface area contributed by atoms with E-state index in [0.29, 0.717) is 6.54 Å². The van der Waals surface area contributed by atoms with E-state index in [-0.39, 0.29) is 0 Å². The normalized spacial score (nSPS) is 11.8. The molecule has 0 aliphatic carbocycles. The molecule has 3 rings (SSSR count). The Balaban J connectivity index is 1.70. The van der Waals surface area contributed by atoms with E-state index in [1.165, 1.54) is 12.1 Å². The zero-order valence-electron chi connectivity index (χ0n) is 11.9. The van der Waals surface area contributed by atoms with Gasteiger partial charge in [-0.25, -0.2) is 0 Å². The summed E-state index contributed by atoms with van der Waals surface area (Å²) in [7, 11) is 1.87. The first-order valence-electron chi connectivity index (χ1n) is 6.75. The summed E-state index contributed by atoms with van der Waals surface area (Å²) < 4.78 is 39.3. The summed E-state index contributed by atoms with van der Waals surface area (Å²) in [4.78, 5) is 0. The summed E-state index contributed by atoms with van der Waals surface area (Å²) in [5.74, 6) is 0. The molecule has 0 spiro atoms. The lowest BCUT2D eigenvalue weighted by molar-refractivity contribution is -0.137. The third-order valence-electron chi connectivity index (χ3n) is 3.52. The number of halogens is 3. The molecular weight excluding hydrogens is 291 g/mol. The minimum atomic E-state index is -4.29. The molecule has 0 aliphatic heterocycles. The van der Waals surface area contributed by atoms with Crippen LogP contribution in [0.2, 0.25) is 0 Å². The molecule has 0 amide bonds. The summed E-state index contributed by atoms with van der Waals surface area (Å²) in [5, 5.41) is 8.39. The molecule has 3 nitrogen and oxygen atoms in total. The van der Waals surface area contributed by atoms with Crippen molar-refractivity contribution in [3.05, 3.63) is 59.8 Å². The molecule has 0 bridgehead atoms. The number of aromatic nitrogens is 2. The second kappa shape index (κ2) is 5.36. The van der Waals surface area contributed by atoms with Crippen molar-refractivity contribution in [3.8, 4) is 0 Å². The van der Waals surface area contributed by atoms with Gasteiger partial charge in [0.25, 0.3) is 0 Å². The molecule has 1 aromatic heterocycles. The maximum atomic E-state index is 12.5. The SMILES string of the molecule is Cn1ncc2cc(NCc3ccc(C(F)(F)F)cc3)ccc21. The molecule has 22 heavy (non-hydrogen) atoms. The van der Waals surface area contributed by atoms with Crippen LogP contribution in [0.25, 0.3) is 10.9 Å². The fourth-order valence-electron chi connectivity index (χ4n) is 2.29. The van der Waals surface area contributed by atoms with Crippen molar-refractivity contribution in [1.29, 1.82) is 0 Å². The van der Waals surface area contributed by atoms with Crippen LogP contribution in [0.1, 0.15) is 11.1 Å². The Morgan fingerprint density at radius 2 is 1.82 bits per heavy atom. The third-order valence-corrected chi connectivity index (χ3v) is 3.52. The number of rotatable bonds is 3. The molecule has 3 aromatic rings. The van der Waals surface area contributed by atoms with Gasteiger partial charge >= 0.3 is 6.18 Å². The summed E-state index contributed by atoms with van der Waals surface area (Å²) in [6.07, 6.45) is -2.52. The predicted octanol–water partition coefficient (Wildman–Crippen LogP) is 4.20. The summed E-state index contributed by atoms with van der Waals surface area (Å²) >= 11 is 0. The van der Waals surface area contributed by atoms with E-state index in [2.05, 4.69) is 10.4 Å². The van der Waals surface area contributed by atoms with E-state index in [1.54, 1.807) is 10.9 Å². The van der Waals surface area contributed by atoms with Crippen LogP contribution < -0.4 is 5.32 Å². The number of aryl methyl sites for hydroxylation is 1. The maximum absolute atomic E-state index is 12.5. The Bertz CT molecular complexity index is 788. The Kier molecular flexibility index (Phi) is 3.52. The first kappa shape index (κ1) is 14.4. The molecule has 0 aliphatic rings. The topological polar surface area (TPSA) is 29.9 Å². The first-order chi connectivity index (χ1) is 10.4. The Hall–Kier alpha value is -2.50. The largest absolute Gasteiger partial charge is 0.416 e. The number of fused-ring (bicyclic) bond motifs is 1. The number of hydrogen-bond donors (Lipinski definition) is 1. The minimum Gasteiger partial charge on any atom is -0.381 e. The van der Waals surface area contributed by atoms with Crippen molar-refractivity contribution in [3.63, 3.8) is 0 Å². The van der Waals surface area contributed by atoms with Crippen LogP contribution in [0.5, 0.6) is 0 Å². The molecule has 0 atom stereocenters. The van der Waals surface area contributed by atoms with Gasteiger partial charge in [0.15, 0.2) is 0 Å². The fourth-order valence-corrected chi connectivity index (χ4v) is 2.29. The lowest BCUT2D eigenvalue weighted by Crippen LogP contribution is -2.05. The van der Waals surface area contributed by atoms with E-state index in [0.717, 1.165) is 34.3 Å². The van der Waals surface area contributed by atoms with Crippen molar-refractivity contribution in [2.75, 3.05) is 5.32 Å². The van der Waals surface area contributed by atoms with Gasteiger partial charge < -0.3 is 5.32 Å². The standard InChI is InChI=1S/C16H14F3N3/c1-22-15-7-6-14(8-12(15)10-21-22)20-9-11-2-4-13(5-3-11)16(17,18)19/h2-8,10,20H,9H2,1H3. The van der Waals surface area contributed by atoms with Crippen LogP contribution in [0.15, 0.2) is 48.7 Å². The average Bonchev–Trinajstić information content (AvgIpc) is 2.86. The van der Waals surface area contributed by atoms with Crippen molar-refractivity contribution >= 4 is 16.6 Å². The molecule has 6 heteroatoms. The maximum Gasteiger partial charge on any atom is 0.416 e. The van der Waals surface area contributed by atoms with Gasteiger partial charge in [0, 0.05) is 24.7 Å². The molecule has 1 N–H and O–H groups in total. The Morgan fingerprint density at radius 3 is 2.50 bits per heavy atom. The predicted molar refractivity (Wildman–Crippen MR) is 79.5 cm³/mol. The molecule has 0 unspecified atom stereocenters. The second-order valence-electron chi connectivity index (χ2n) is 5.09. The zero-order valence-corrected chi connectivity index (χ0v) is 11.9. The van der Waals surface area contributed by atoms with Crippen molar-refractivity contribution < 1.29 is 13.2 Å². The Morgan fingerprint density at radius 1 is 1.09 bits per heavy atom. The van der Waals surface area contributed by atoms with Crippen LogP contribution >= 0.6 is 0 Å². The van der Waals surface area contributed by atoms with E-state index >= 15 is 0 Å². The van der Waals surface area contributed by atoms with Gasteiger partial charge in [-0.1, -0.05) is 12.1 Å². The molecule has 114 valence electrons. The van der Waals surface area contributed by atoms with E-state index in [9.17, 15) is 13.2 Å². The third kappa shape index (κ3) is 2.90. The van der Waals surface area contributed by atoms with Gasteiger partial charge in [-0.3, -0.25) is 4.68 Å². The highest BCUT2D eigenvalue weighted by Crippen LogP contribution is 2.29. The van der Waals surface area contributed by atoms with Crippen LogP contribution in [-0.4, -0.2) is 9.78 Å². The quantitative estimate of drug-likeness (QED) is 0.786. The van der Waals surface area contributed by atoms with E-state index in [1.807, 2.05) is 25.2 Å². The molecule has 0 fully saturated rings. The number of nitrogens with zero attached hydrogens (tertiary/aromatic N) is 2. The van der Waals surface area contributed by atoms with Crippen LogP contribution in [0.3, 0.4) is 0 Å². The number of nitrogens with one attached hydrogen (secondary N) is 1. The van der Waals surface area contributed by atoms with Gasteiger partial charge in [-0.2, -0.15) is 18.3 Å². The van der Waals surface area contributed by atoms with Gasteiger partial charge in [0.1, 0.15) is 0 Å². The first-order valence-corrected chi connectivity index (χ1v) is 6.75. The highest BCUT2D eigenvalue weighted by molar-refractivity contribution is 5.82. The number of alkyl halides is 3. The van der Waals surface area contributed by atoms with Gasteiger partial charge in [-0.15, -0.1) is 0 Å². The molecule has 1 heterocycles. The van der Waals surface area contributed by atoms with Crippen LogP contribution in [0.4, 0.5) is 18.9 Å². The van der Waals surface area contributed by atoms with Crippen molar-refractivity contribution in [1.82, 2.24) is 9.78 Å². The summed E-state index contributed by atoms with van der Waals surface area (Å²) in [6, 6.07) is 11.0. The molecular formula is C16H14F3N3. The number of benzene rings is 2. The van der Waals surface area contributed by atoms with Gasteiger partial charge in [-0.05, 0) is 35.9 Å². The van der Waals surface area contributed by atoms with Crippen LogP contribution in [0, 0.1) is 0 Å². The smallest absolute Gasteiger partial charge is 0.381 e. The van der Waals surface area contributed by atoms with E-state index in [4.69, 9.17) is 0 Å². The monoisotopic (exact) mass is 305 g/mol. The van der Waals surface area contributed by atoms with Gasteiger partial charge in [0.05, 0.1) is 17.3 Å². The highest BCUT2D eigenvalue weighted by atomic mass is 19.4. The molecule has 0 saturated heterocycles. The zero-order chi connectivity index (χ0) is 15.7. The summed E-state index contributed by atoms with van der Waals surface area (Å²) in [5.41, 5.74) is 2.09. The molecule has 2 aromatic carbocycles. The lowest BCUT2D eigenvalue weighted by Gasteiger charge is -2.09. The van der Waals surface area contributed by atoms with Gasteiger partial charge in [0.2, 0.25) is 0 Å². The number of anilines is 1.